The average Bonchev–Trinajstić information content (AvgIpc) is 1.46. The summed E-state index contributed by atoms with van der Waals surface area (Å²) in [4.78, 5) is 5.13. The molecule has 14 rings (SSSR count). The smallest absolute Gasteiger partial charge is 0.333 e. The number of hydrogen-bond acceptors (Lipinski definition) is 3. The summed E-state index contributed by atoms with van der Waals surface area (Å²) >= 11 is 0. The third-order valence-corrected chi connectivity index (χ3v) is 18.9. The highest BCUT2D eigenvalue weighted by Gasteiger charge is 2.50. The minimum atomic E-state index is -0.296. The lowest BCUT2D eigenvalue weighted by molar-refractivity contribution is 0.590. The quantitative estimate of drug-likeness (QED) is 0.164. The Balaban J connectivity index is 1.11. The Labute approximate surface area is 486 Å². The molecule has 0 amide bonds. The first kappa shape index (κ1) is 52.3. The van der Waals surface area contributed by atoms with Gasteiger partial charge in [-0.3, -0.25) is 0 Å². The number of anilines is 5. The molecule has 0 unspecified atom stereocenters. The first-order valence-electron chi connectivity index (χ1n) is 29.9. The van der Waals surface area contributed by atoms with E-state index < -0.39 is 0 Å². The summed E-state index contributed by atoms with van der Waals surface area (Å²) in [7, 11) is 0. The molecule has 0 radical (unpaired) electrons. The van der Waals surface area contributed by atoms with Gasteiger partial charge in [-0.1, -0.05) is 197 Å². The largest absolute Gasteiger partial charge is 0.456 e. The normalized spacial score (nSPS) is 14.7. The Morgan fingerprint density at radius 1 is 0.439 bits per heavy atom. The molecule has 0 N–H and O–H groups in total. The van der Waals surface area contributed by atoms with E-state index in [4.69, 9.17) is 4.42 Å². The maximum Gasteiger partial charge on any atom is 0.333 e. The molecule has 82 heavy (non-hydrogen) atoms. The van der Waals surface area contributed by atoms with E-state index in [0.717, 1.165) is 39.0 Å². The van der Waals surface area contributed by atoms with Crippen molar-refractivity contribution in [1.29, 1.82) is 0 Å². The number of benzene rings is 9. The fraction of sp³-hybridized carbons (Fsp3) is 0.299. The van der Waals surface area contributed by atoms with Crippen LogP contribution in [0.3, 0.4) is 0 Å². The van der Waals surface area contributed by atoms with Crippen LogP contribution < -0.4 is 20.6 Å². The van der Waals surface area contributed by atoms with E-state index in [1.54, 1.807) is 0 Å². The number of hydrogen-bond donors (Lipinski definition) is 0. The van der Waals surface area contributed by atoms with Gasteiger partial charge in [-0.25, -0.2) is 0 Å². The fourth-order valence-corrected chi connectivity index (χ4v) is 14.3. The van der Waals surface area contributed by atoms with Crippen molar-refractivity contribution in [2.24, 2.45) is 0 Å². The van der Waals surface area contributed by atoms with Gasteiger partial charge in [-0.05, 0) is 179 Å². The summed E-state index contributed by atoms with van der Waals surface area (Å²) in [6.45, 7) is 39.6. The maximum atomic E-state index is 7.22. The Kier molecular flexibility index (Phi) is 11.0. The van der Waals surface area contributed by atoms with Crippen molar-refractivity contribution in [3.63, 3.8) is 0 Å². The Morgan fingerprint density at radius 3 is 1.56 bits per heavy atom. The molecule has 0 atom stereocenters. The molecule has 1 aliphatic carbocycles. The summed E-state index contributed by atoms with van der Waals surface area (Å²) < 4.78 is 9.89. The highest BCUT2D eigenvalue weighted by molar-refractivity contribution is 6.94. The van der Waals surface area contributed by atoms with Gasteiger partial charge >= 0.3 is 6.85 Å². The van der Waals surface area contributed by atoms with Crippen LogP contribution in [0.5, 0.6) is 0 Å². The summed E-state index contributed by atoms with van der Waals surface area (Å²) in [6.07, 6.45) is 0. The second kappa shape index (κ2) is 17.2. The van der Waals surface area contributed by atoms with Crippen molar-refractivity contribution < 1.29 is 4.42 Å². The molecule has 3 aliphatic rings. The predicted octanol–water partition coefficient (Wildman–Crippen LogP) is 20.2. The van der Waals surface area contributed by atoms with Crippen LogP contribution in [0.2, 0.25) is 0 Å². The van der Waals surface area contributed by atoms with Crippen LogP contribution in [0, 0.1) is 0 Å². The molecule has 4 nitrogen and oxygen atoms in total. The van der Waals surface area contributed by atoms with Crippen LogP contribution in [0.15, 0.2) is 168 Å². The predicted molar refractivity (Wildman–Crippen MR) is 353 cm³/mol. The van der Waals surface area contributed by atoms with Crippen molar-refractivity contribution in [1.82, 2.24) is 4.57 Å². The second-order valence-electron chi connectivity index (χ2n) is 29.9. The van der Waals surface area contributed by atoms with E-state index in [1.807, 2.05) is 0 Å². The standard InChI is InChI=1S/C77H78BN3O/c1-72(2,3)45-22-30-50(31-23-45)79(51-32-24-46(25-33-51)73(4,5)6)53-36-39-64-55(42-53)56-43-63-58(44-65(56)82-64)67-66-54-20-18-19-21-59(54)77(16,17)69(66)68-57-40-48(75(10,11)12)28-37-61(57)80-62-38-29-49(76(13,14)15)41-60(62)78(70(67)71(68)80)81(63)52-34-26-47(27-35-52)74(7,8)9/h18-44H,1-17H3. The molecule has 9 aromatic carbocycles. The summed E-state index contributed by atoms with van der Waals surface area (Å²) in [5.41, 5.74) is 28.2. The molecule has 410 valence electrons. The molecule has 0 spiro atoms. The van der Waals surface area contributed by atoms with Crippen LogP contribution in [0.4, 0.5) is 28.4 Å². The van der Waals surface area contributed by atoms with E-state index in [1.165, 1.54) is 111 Å². The number of rotatable bonds is 4. The Bertz CT molecular complexity index is 4420. The van der Waals surface area contributed by atoms with Crippen LogP contribution in [-0.4, -0.2) is 11.4 Å². The van der Waals surface area contributed by atoms with E-state index in [9.17, 15) is 0 Å². The first-order chi connectivity index (χ1) is 38.6. The molecular formula is C77H78BN3O. The minimum Gasteiger partial charge on any atom is -0.456 e. The summed E-state index contributed by atoms with van der Waals surface area (Å²) in [5.74, 6) is 0. The fourth-order valence-electron chi connectivity index (χ4n) is 14.3. The molecule has 2 aromatic heterocycles. The van der Waals surface area contributed by atoms with Crippen LogP contribution >= 0.6 is 0 Å². The zero-order valence-corrected chi connectivity index (χ0v) is 51.4. The van der Waals surface area contributed by atoms with E-state index in [-0.39, 0.29) is 39.3 Å². The molecular weight excluding hydrogens is 994 g/mol. The van der Waals surface area contributed by atoms with Gasteiger partial charge < -0.3 is 18.7 Å². The number of nitrogens with zero attached hydrogens (tertiary/aromatic N) is 3. The third kappa shape index (κ3) is 7.70. The van der Waals surface area contributed by atoms with Crippen molar-refractivity contribution in [3.8, 4) is 27.9 Å². The average molecular weight is 1070 g/mol. The maximum absolute atomic E-state index is 7.22. The molecule has 5 heteroatoms. The lowest BCUT2D eigenvalue weighted by atomic mass is 9.43. The van der Waals surface area contributed by atoms with Crippen LogP contribution in [0.25, 0.3) is 71.7 Å². The molecule has 11 aromatic rings. The van der Waals surface area contributed by atoms with Crippen LogP contribution in [-0.2, 0) is 32.5 Å². The third-order valence-electron chi connectivity index (χ3n) is 18.9. The highest BCUT2D eigenvalue weighted by atomic mass is 16.3. The lowest BCUT2D eigenvalue weighted by Crippen LogP contribution is -2.61. The molecule has 0 saturated heterocycles. The van der Waals surface area contributed by atoms with Crippen molar-refractivity contribution in [3.05, 3.63) is 203 Å². The monoisotopic (exact) mass is 1070 g/mol. The van der Waals surface area contributed by atoms with E-state index >= 15 is 0 Å². The van der Waals surface area contributed by atoms with Gasteiger partial charge in [0.05, 0.1) is 11.0 Å². The van der Waals surface area contributed by atoms with Gasteiger partial charge in [0, 0.05) is 66.6 Å². The van der Waals surface area contributed by atoms with E-state index in [2.05, 4.69) is 296 Å². The Morgan fingerprint density at radius 2 is 0.963 bits per heavy atom. The number of furan rings is 1. The Hall–Kier alpha value is -7.76. The molecule has 2 aliphatic heterocycles. The van der Waals surface area contributed by atoms with Gasteiger partial charge in [0.15, 0.2) is 0 Å². The van der Waals surface area contributed by atoms with Crippen molar-refractivity contribution in [2.45, 2.75) is 150 Å². The van der Waals surface area contributed by atoms with Gasteiger partial charge in [0.2, 0.25) is 0 Å². The first-order valence-corrected chi connectivity index (χ1v) is 29.9. The lowest BCUT2D eigenvalue weighted by Gasteiger charge is -2.43. The van der Waals surface area contributed by atoms with Crippen molar-refractivity contribution in [2.75, 3.05) is 9.71 Å². The second-order valence-corrected chi connectivity index (χ2v) is 29.9. The highest BCUT2D eigenvalue weighted by Crippen LogP contribution is 2.60. The molecule has 4 heterocycles. The van der Waals surface area contributed by atoms with Crippen LogP contribution in [0.1, 0.15) is 157 Å². The number of aromatic nitrogens is 1. The topological polar surface area (TPSA) is 24.6 Å². The van der Waals surface area contributed by atoms with Gasteiger partial charge in [0.1, 0.15) is 11.2 Å². The summed E-state index contributed by atoms with van der Waals surface area (Å²) in [6, 6.07) is 63.7. The zero-order chi connectivity index (χ0) is 57.7. The van der Waals surface area contributed by atoms with Gasteiger partial charge in [-0.2, -0.15) is 0 Å². The SMILES string of the molecule is CC(C)(C)c1ccc(N2B3c4cc(C(C)(C)C)ccc4-n4c5ccc(C(C)(C)C)cc5c5c6c(c(c3c54)-c3cc4oc5ccc(N(c7ccc(C(C)(C)C)cc7)c7ccc(C(C)(C)C)cc7)cc5c4cc32)-c2ccccc2C6(C)C)cc1. The van der Waals surface area contributed by atoms with Gasteiger partial charge in [-0.15, -0.1) is 0 Å². The minimum absolute atomic E-state index is 0.0134. The van der Waals surface area contributed by atoms with Crippen molar-refractivity contribution >= 4 is 90.0 Å². The molecule has 0 fully saturated rings. The molecule has 0 bridgehead atoms. The number of fused-ring (bicyclic) bond motifs is 16. The summed E-state index contributed by atoms with van der Waals surface area (Å²) in [5, 5.41) is 4.89. The zero-order valence-electron chi connectivity index (χ0n) is 51.4. The molecule has 0 saturated carbocycles. The van der Waals surface area contributed by atoms with E-state index in [0.29, 0.717) is 0 Å². The van der Waals surface area contributed by atoms with Gasteiger partial charge in [0.25, 0.3) is 0 Å².